The Morgan fingerprint density at radius 3 is 2.96 bits per heavy atom. The first-order valence-electron chi connectivity index (χ1n) is 8.91. The van der Waals surface area contributed by atoms with Crippen LogP contribution in [0.25, 0.3) is 0 Å². The molecule has 4 nitrogen and oxygen atoms in total. The third-order valence-electron chi connectivity index (χ3n) is 5.08. The first kappa shape index (κ1) is 17.2. The summed E-state index contributed by atoms with van der Waals surface area (Å²) in [6, 6.07) is 5.86. The molecule has 1 saturated heterocycles. The third-order valence-corrected chi connectivity index (χ3v) is 5.82. The monoisotopic (exact) mass is 376 g/mol. The SMILES string of the molecule is Clc1ccc(CN2CCc3nc([C@H]4CCCNC4)ncc3C2)cc1Cl. The highest BCUT2D eigenvalue weighted by molar-refractivity contribution is 6.42. The first-order chi connectivity index (χ1) is 12.2. The summed E-state index contributed by atoms with van der Waals surface area (Å²) >= 11 is 12.1. The zero-order valence-corrected chi connectivity index (χ0v) is 15.7. The van der Waals surface area contributed by atoms with E-state index in [1.54, 1.807) is 0 Å². The Bertz CT molecular complexity index is 759. The minimum absolute atomic E-state index is 0.466. The van der Waals surface area contributed by atoms with Crippen LogP contribution in [0.4, 0.5) is 0 Å². The highest BCUT2D eigenvalue weighted by Gasteiger charge is 2.22. The molecule has 0 amide bonds. The first-order valence-corrected chi connectivity index (χ1v) is 9.66. The lowest BCUT2D eigenvalue weighted by Gasteiger charge is -2.29. The molecule has 2 aromatic rings. The van der Waals surface area contributed by atoms with Crippen LogP contribution in [-0.2, 0) is 19.5 Å². The summed E-state index contributed by atoms with van der Waals surface area (Å²) in [5.74, 6) is 1.48. The lowest BCUT2D eigenvalue weighted by molar-refractivity contribution is 0.242. The van der Waals surface area contributed by atoms with Crippen molar-refractivity contribution in [1.29, 1.82) is 0 Å². The fourth-order valence-corrected chi connectivity index (χ4v) is 4.01. The van der Waals surface area contributed by atoms with Crippen LogP contribution in [0.3, 0.4) is 0 Å². The van der Waals surface area contributed by atoms with Gasteiger partial charge in [0.1, 0.15) is 5.82 Å². The van der Waals surface area contributed by atoms with Gasteiger partial charge in [-0.3, -0.25) is 4.90 Å². The van der Waals surface area contributed by atoms with Crippen molar-refractivity contribution >= 4 is 23.2 Å². The molecule has 132 valence electrons. The topological polar surface area (TPSA) is 41.1 Å². The number of fused-ring (bicyclic) bond motifs is 1. The summed E-state index contributed by atoms with van der Waals surface area (Å²) in [5, 5.41) is 4.67. The van der Waals surface area contributed by atoms with E-state index in [4.69, 9.17) is 28.2 Å². The van der Waals surface area contributed by atoms with Crippen LogP contribution < -0.4 is 5.32 Å². The third kappa shape index (κ3) is 3.98. The maximum Gasteiger partial charge on any atom is 0.132 e. The number of nitrogens with one attached hydrogen (secondary N) is 1. The predicted octanol–water partition coefficient (Wildman–Crippen LogP) is 3.81. The number of hydrogen-bond donors (Lipinski definition) is 1. The molecular weight excluding hydrogens is 355 g/mol. The quantitative estimate of drug-likeness (QED) is 0.883. The largest absolute Gasteiger partial charge is 0.316 e. The van der Waals surface area contributed by atoms with E-state index in [1.807, 2.05) is 24.4 Å². The van der Waals surface area contributed by atoms with E-state index < -0.39 is 0 Å². The summed E-state index contributed by atoms with van der Waals surface area (Å²) in [4.78, 5) is 12.0. The number of nitrogens with zero attached hydrogens (tertiary/aromatic N) is 3. The van der Waals surface area contributed by atoms with Crippen molar-refractivity contribution in [2.45, 2.75) is 38.3 Å². The molecule has 1 fully saturated rings. The Morgan fingerprint density at radius 2 is 2.16 bits per heavy atom. The molecular formula is C19H22Cl2N4. The van der Waals surface area contributed by atoms with Gasteiger partial charge in [-0.2, -0.15) is 0 Å². The fraction of sp³-hybridized carbons (Fsp3) is 0.474. The second kappa shape index (κ2) is 7.58. The molecule has 4 rings (SSSR count). The number of piperidine rings is 1. The van der Waals surface area contributed by atoms with Crippen molar-refractivity contribution in [3.05, 3.63) is 57.1 Å². The average molecular weight is 377 g/mol. The minimum Gasteiger partial charge on any atom is -0.316 e. The summed E-state index contributed by atoms with van der Waals surface area (Å²) in [5.41, 5.74) is 3.66. The Hall–Kier alpha value is -1.20. The average Bonchev–Trinajstić information content (AvgIpc) is 2.65. The van der Waals surface area contributed by atoms with Gasteiger partial charge < -0.3 is 5.32 Å². The van der Waals surface area contributed by atoms with Gasteiger partial charge in [-0.05, 0) is 37.1 Å². The fourth-order valence-electron chi connectivity index (χ4n) is 3.69. The molecule has 0 aliphatic carbocycles. The van der Waals surface area contributed by atoms with Crippen molar-refractivity contribution in [1.82, 2.24) is 20.2 Å². The van der Waals surface area contributed by atoms with Gasteiger partial charge in [0.2, 0.25) is 0 Å². The number of rotatable bonds is 3. The molecule has 0 saturated carbocycles. The molecule has 1 N–H and O–H groups in total. The van der Waals surface area contributed by atoms with Gasteiger partial charge in [-0.15, -0.1) is 0 Å². The standard InChI is InChI=1S/C19H22Cl2N4/c20-16-4-3-13(8-17(16)21)11-25-7-5-18-15(12-25)10-23-19(24-18)14-2-1-6-22-9-14/h3-4,8,10,14,22H,1-2,5-7,9,11-12H2/t14-/m0/s1. The van der Waals surface area contributed by atoms with Crippen LogP contribution in [0.2, 0.25) is 10.0 Å². The smallest absolute Gasteiger partial charge is 0.132 e. The van der Waals surface area contributed by atoms with Gasteiger partial charge >= 0.3 is 0 Å². The molecule has 3 heterocycles. The molecule has 25 heavy (non-hydrogen) atoms. The molecule has 0 spiro atoms. The van der Waals surface area contributed by atoms with Crippen LogP contribution in [-0.4, -0.2) is 34.5 Å². The van der Waals surface area contributed by atoms with E-state index >= 15 is 0 Å². The van der Waals surface area contributed by atoms with Crippen LogP contribution >= 0.6 is 23.2 Å². The Kier molecular flexibility index (Phi) is 5.23. The molecule has 0 bridgehead atoms. The highest BCUT2D eigenvalue weighted by Crippen LogP contribution is 2.26. The maximum atomic E-state index is 6.13. The Balaban J connectivity index is 1.45. The summed E-state index contributed by atoms with van der Waals surface area (Å²) in [7, 11) is 0. The second-order valence-electron chi connectivity index (χ2n) is 6.95. The van der Waals surface area contributed by atoms with E-state index in [9.17, 15) is 0 Å². The van der Waals surface area contributed by atoms with Gasteiger partial charge in [0.15, 0.2) is 0 Å². The van der Waals surface area contributed by atoms with Crippen molar-refractivity contribution in [3.8, 4) is 0 Å². The maximum absolute atomic E-state index is 6.13. The summed E-state index contributed by atoms with van der Waals surface area (Å²) in [6.45, 7) is 4.88. The molecule has 1 atom stereocenters. The lowest BCUT2D eigenvalue weighted by Crippen LogP contribution is -2.32. The predicted molar refractivity (Wildman–Crippen MR) is 101 cm³/mol. The molecule has 1 aromatic heterocycles. The van der Waals surface area contributed by atoms with E-state index in [-0.39, 0.29) is 0 Å². The zero-order chi connectivity index (χ0) is 17.2. The van der Waals surface area contributed by atoms with E-state index in [1.165, 1.54) is 29.7 Å². The number of hydrogen-bond acceptors (Lipinski definition) is 4. The Labute approximate surface area is 158 Å². The zero-order valence-electron chi connectivity index (χ0n) is 14.1. The van der Waals surface area contributed by atoms with Gasteiger partial charge in [-0.25, -0.2) is 9.97 Å². The highest BCUT2D eigenvalue weighted by atomic mass is 35.5. The van der Waals surface area contributed by atoms with E-state index in [2.05, 4.69) is 15.2 Å². The van der Waals surface area contributed by atoms with Gasteiger partial charge in [0, 0.05) is 56.0 Å². The molecule has 0 radical (unpaired) electrons. The van der Waals surface area contributed by atoms with E-state index in [0.29, 0.717) is 16.0 Å². The van der Waals surface area contributed by atoms with Crippen molar-refractivity contribution in [2.75, 3.05) is 19.6 Å². The van der Waals surface area contributed by atoms with Gasteiger partial charge in [-0.1, -0.05) is 29.3 Å². The molecule has 2 aliphatic rings. The van der Waals surface area contributed by atoms with Crippen LogP contribution in [0.15, 0.2) is 24.4 Å². The second-order valence-corrected chi connectivity index (χ2v) is 7.77. The van der Waals surface area contributed by atoms with Gasteiger partial charge in [0.25, 0.3) is 0 Å². The number of halogens is 2. The minimum atomic E-state index is 0.466. The molecule has 0 unspecified atom stereocenters. The van der Waals surface area contributed by atoms with Crippen molar-refractivity contribution in [3.63, 3.8) is 0 Å². The van der Waals surface area contributed by atoms with Crippen LogP contribution in [0.5, 0.6) is 0 Å². The van der Waals surface area contributed by atoms with Gasteiger partial charge in [0.05, 0.1) is 10.0 Å². The van der Waals surface area contributed by atoms with Crippen LogP contribution in [0.1, 0.15) is 41.4 Å². The number of aromatic nitrogens is 2. The molecule has 1 aromatic carbocycles. The number of benzene rings is 1. The summed E-state index contributed by atoms with van der Waals surface area (Å²) < 4.78 is 0. The normalized spacial score (nSPS) is 21.1. The van der Waals surface area contributed by atoms with Crippen LogP contribution in [0, 0.1) is 0 Å². The van der Waals surface area contributed by atoms with E-state index in [0.717, 1.165) is 45.0 Å². The lowest BCUT2D eigenvalue weighted by atomic mass is 9.98. The van der Waals surface area contributed by atoms with Crippen molar-refractivity contribution < 1.29 is 0 Å². The van der Waals surface area contributed by atoms with Crippen molar-refractivity contribution in [2.24, 2.45) is 0 Å². The summed E-state index contributed by atoms with van der Waals surface area (Å²) in [6.07, 6.45) is 5.41. The molecule has 2 aliphatic heterocycles. The Morgan fingerprint density at radius 1 is 1.24 bits per heavy atom. The molecule has 6 heteroatoms.